The fourth-order valence-electron chi connectivity index (χ4n) is 1.96. The summed E-state index contributed by atoms with van der Waals surface area (Å²) < 4.78 is 1.87. The van der Waals surface area contributed by atoms with Crippen LogP contribution in [0.2, 0.25) is 5.02 Å². The van der Waals surface area contributed by atoms with E-state index in [9.17, 15) is 4.79 Å². The number of nitrogens with two attached hydrogens (primary N) is 1. The van der Waals surface area contributed by atoms with Crippen LogP contribution in [0, 0.1) is 11.8 Å². The molecule has 1 aromatic carbocycles. The minimum atomic E-state index is -0.195. The van der Waals surface area contributed by atoms with Gasteiger partial charge < -0.3 is 15.6 Å². The van der Waals surface area contributed by atoms with Crippen LogP contribution in [0.1, 0.15) is 23.0 Å². The zero-order valence-corrected chi connectivity index (χ0v) is 12.4. The van der Waals surface area contributed by atoms with E-state index in [1.165, 1.54) is 0 Å². The molecular formula is C16H16ClN3O. The molecule has 0 radical (unpaired) electrons. The normalized spacial score (nSPS) is 9.86. The van der Waals surface area contributed by atoms with Crippen LogP contribution in [0.5, 0.6) is 0 Å². The zero-order chi connectivity index (χ0) is 15.2. The van der Waals surface area contributed by atoms with Crippen molar-refractivity contribution in [3.8, 4) is 11.8 Å². The molecule has 0 saturated carbocycles. The maximum atomic E-state index is 12.3. The highest BCUT2D eigenvalue weighted by atomic mass is 35.5. The Morgan fingerprint density at radius 1 is 1.43 bits per heavy atom. The Morgan fingerprint density at radius 3 is 2.95 bits per heavy atom. The molecule has 0 spiro atoms. The number of anilines is 1. The Balaban J connectivity index is 2.30. The molecule has 3 N–H and O–H groups in total. The van der Waals surface area contributed by atoms with Crippen LogP contribution < -0.4 is 11.1 Å². The van der Waals surface area contributed by atoms with Crippen molar-refractivity contribution in [1.29, 1.82) is 0 Å². The lowest BCUT2D eigenvalue weighted by atomic mass is 10.1. The number of carbonyl (C=O) groups excluding carboxylic acids is 1. The number of amides is 1. The van der Waals surface area contributed by atoms with Gasteiger partial charge >= 0.3 is 0 Å². The van der Waals surface area contributed by atoms with E-state index in [0.717, 1.165) is 6.54 Å². The molecule has 2 rings (SSSR count). The quantitative estimate of drug-likeness (QED) is 0.856. The van der Waals surface area contributed by atoms with Crippen molar-refractivity contribution in [2.75, 3.05) is 11.9 Å². The van der Waals surface area contributed by atoms with E-state index in [0.29, 0.717) is 22.0 Å². The molecule has 0 aliphatic rings. The van der Waals surface area contributed by atoms with Crippen molar-refractivity contribution in [3.05, 3.63) is 52.8 Å². The van der Waals surface area contributed by atoms with Gasteiger partial charge in [-0.1, -0.05) is 23.4 Å². The number of nitrogens with zero attached hydrogens (tertiary/aromatic N) is 1. The largest absolute Gasteiger partial charge is 0.344 e. The molecule has 1 aromatic heterocycles. The molecule has 108 valence electrons. The first-order valence-electron chi connectivity index (χ1n) is 6.60. The van der Waals surface area contributed by atoms with Gasteiger partial charge in [0.15, 0.2) is 0 Å². The molecule has 0 fully saturated rings. The van der Waals surface area contributed by atoms with Crippen molar-refractivity contribution in [2.45, 2.75) is 13.5 Å². The van der Waals surface area contributed by atoms with E-state index in [-0.39, 0.29) is 12.5 Å². The number of hydrogen-bond donors (Lipinski definition) is 2. The van der Waals surface area contributed by atoms with Gasteiger partial charge in [-0.2, -0.15) is 0 Å². The number of hydrogen-bond acceptors (Lipinski definition) is 2. The van der Waals surface area contributed by atoms with Gasteiger partial charge in [-0.05, 0) is 37.3 Å². The number of rotatable bonds is 3. The molecular weight excluding hydrogens is 286 g/mol. The SMILES string of the molecule is CCn1cccc1C(=O)Nc1cc(Cl)ccc1C#CCN. The number of benzene rings is 1. The number of aryl methyl sites for hydroxylation is 1. The summed E-state index contributed by atoms with van der Waals surface area (Å²) in [5, 5.41) is 3.39. The van der Waals surface area contributed by atoms with Gasteiger partial charge in [0.25, 0.3) is 5.91 Å². The molecule has 0 bridgehead atoms. The third kappa shape index (κ3) is 3.66. The van der Waals surface area contributed by atoms with Crippen LogP contribution in [0.3, 0.4) is 0 Å². The van der Waals surface area contributed by atoms with Crippen molar-refractivity contribution in [2.24, 2.45) is 5.73 Å². The monoisotopic (exact) mass is 301 g/mol. The van der Waals surface area contributed by atoms with Gasteiger partial charge in [0.1, 0.15) is 5.69 Å². The first kappa shape index (κ1) is 15.2. The van der Waals surface area contributed by atoms with Crippen LogP contribution in [0.15, 0.2) is 36.5 Å². The summed E-state index contributed by atoms with van der Waals surface area (Å²) in [4.78, 5) is 12.3. The lowest BCUT2D eigenvalue weighted by molar-refractivity contribution is 0.101. The Bertz CT molecular complexity index is 710. The Kier molecular flexibility index (Phi) is 5.04. The summed E-state index contributed by atoms with van der Waals surface area (Å²) in [6.07, 6.45) is 1.86. The number of aromatic nitrogens is 1. The van der Waals surface area contributed by atoms with Crippen molar-refractivity contribution in [3.63, 3.8) is 0 Å². The van der Waals surface area contributed by atoms with Crippen LogP contribution in [0.4, 0.5) is 5.69 Å². The highest BCUT2D eigenvalue weighted by Gasteiger charge is 2.12. The smallest absolute Gasteiger partial charge is 0.272 e. The number of nitrogens with one attached hydrogen (secondary N) is 1. The first-order chi connectivity index (χ1) is 10.2. The van der Waals surface area contributed by atoms with Crippen LogP contribution in [0.25, 0.3) is 0 Å². The lowest BCUT2D eigenvalue weighted by Gasteiger charge is -2.10. The summed E-state index contributed by atoms with van der Waals surface area (Å²) >= 11 is 5.99. The summed E-state index contributed by atoms with van der Waals surface area (Å²) in [5.74, 6) is 5.50. The minimum absolute atomic E-state index is 0.195. The van der Waals surface area contributed by atoms with Crippen molar-refractivity contribution >= 4 is 23.2 Å². The van der Waals surface area contributed by atoms with E-state index in [4.69, 9.17) is 17.3 Å². The fraction of sp³-hybridized carbons (Fsp3) is 0.188. The highest BCUT2D eigenvalue weighted by Crippen LogP contribution is 2.21. The fourth-order valence-corrected chi connectivity index (χ4v) is 2.13. The van der Waals surface area contributed by atoms with E-state index < -0.39 is 0 Å². The molecule has 2 aromatic rings. The third-order valence-corrected chi connectivity index (χ3v) is 3.19. The molecule has 0 unspecified atom stereocenters. The summed E-state index contributed by atoms with van der Waals surface area (Å²) in [7, 11) is 0. The summed E-state index contributed by atoms with van der Waals surface area (Å²) in [6.45, 7) is 2.97. The lowest BCUT2D eigenvalue weighted by Crippen LogP contribution is -2.17. The third-order valence-electron chi connectivity index (χ3n) is 2.96. The Labute approximate surface area is 128 Å². The number of carbonyl (C=O) groups is 1. The van der Waals surface area contributed by atoms with Crippen molar-refractivity contribution in [1.82, 2.24) is 4.57 Å². The molecule has 0 aliphatic carbocycles. The maximum Gasteiger partial charge on any atom is 0.272 e. The Morgan fingerprint density at radius 2 is 2.24 bits per heavy atom. The van der Waals surface area contributed by atoms with Gasteiger partial charge in [0.05, 0.1) is 12.2 Å². The van der Waals surface area contributed by atoms with Crippen LogP contribution in [-0.2, 0) is 6.54 Å². The summed E-state index contributed by atoms with van der Waals surface area (Å²) in [5.41, 5.74) is 7.24. The predicted molar refractivity (Wildman–Crippen MR) is 85.4 cm³/mol. The van der Waals surface area contributed by atoms with Gasteiger partial charge in [-0.25, -0.2) is 0 Å². The second-order valence-electron chi connectivity index (χ2n) is 4.33. The van der Waals surface area contributed by atoms with E-state index >= 15 is 0 Å². The van der Waals surface area contributed by atoms with Crippen LogP contribution >= 0.6 is 11.6 Å². The van der Waals surface area contributed by atoms with Crippen LogP contribution in [-0.4, -0.2) is 17.0 Å². The standard InChI is InChI=1S/C16H16ClN3O/c1-2-20-10-4-6-15(20)16(21)19-14-11-13(17)8-7-12(14)5-3-9-18/h4,6-8,10-11H,2,9,18H2,1H3,(H,19,21). The molecule has 1 heterocycles. The zero-order valence-electron chi connectivity index (χ0n) is 11.7. The molecule has 1 amide bonds. The van der Waals surface area contributed by atoms with Gasteiger partial charge in [-0.15, -0.1) is 0 Å². The van der Waals surface area contributed by atoms with Gasteiger partial charge in [-0.3, -0.25) is 4.79 Å². The molecule has 0 atom stereocenters. The van der Waals surface area contributed by atoms with E-state index in [1.807, 2.05) is 23.8 Å². The molecule has 0 aliphatic heterocycles. The maximum absolute atomic E-state index is 12.3. The number of halogens is 1. The second kappa shape index (κ2) is 6.98. The van der Waals surface area contributed by atoms with E-state index in [2.05, 4.69) is 17.2 Å². The van der Waals surface area contributed by atoms with E-state index in [1.54, 1.807) is 24.3 Å². The Hall–Kier alpha value is -2.22. The van der Waals surface area contributed by atoms with Gasteiger partial charge in [0, 0.05) is 23.3 Å². The second-order valence-corrected chi connectivity index (χ2v) is 4.77. The van der Waals surface area contributed by atoms with Crippen molar-refractivity contribution < 1.29 is 4.79 Å². The summed E-state index contributed by atoms with van der Waals surface area (Å²) in [6, 6.07) is 8.78. The molecule has 5 heteroatoms. The first-order valence-corrected chi connectivity index (χ1v) is 6.98. The highest BCUT2D eigenvalue weighted by molar-refractivity contribution is 6.31. The topological polar surface area (TPSA) is 60.0 Å². The average Bonchev–Trinajstić information content (AvgIpc) is 2.95. The average molecular weight is 302 g/mol. The van der Waals surface area contributed by atoms with Gasteiger partial charge in [0.2, 0.25) is 0 Å². The minimum Gasteiger partial charge on any atom is -0.344 e. The molecule has 4 nitrogen and oxygen atoms in total. The molecule has 21 heavy (non-hydrogen) atoms. The molecule has 0 saturated heterocycles. The predicted octanol–water partition coefficient (Wildman–Crippen LogP) is 2.72.